The lowest BCUT2D eigenvalue weighted by molar-refractivity contribution is -0.127. The third kappa shape index (κ3) is 5.95. The van der Waals surface area contributed by atoms with Gasteiger partial charge in [0, 0.05) is 5.92 Å². The number of nitrogens with zero attached hydrogens (tertiary/aromatic N) is 3. The van der Waals surface area contributed by atoms with Crippen molar-refractivity contribution in [3.05, 3.63) is 47.2 Å². The van der Waals surface area contributed by atoms with E-state index in [-0.39, 0.29) is 17.9 Å². The van der Waals surface area contributed by atoms with Crippen LogP contribution in [0, 0.1) is 5.92 Å². The number of piperidine rings is 1. The van der Waals surface area contributed by atoms with E-state index in [0.717, 1.165) is 42.1 Å². The molecular formula is C25H32N4O4S. The number of hydrogen-bond acceptors (Lipinski definition) is 8. The van der Waals surface area contributed by atoms with Crippen molar-refractivity contribution in [2.24, 2.45) is 5.92 Å². The standard InChI is InChI=1S/C25H32N4O4S/c1-4-31-20-9-8-19(15-21(20)32-5-2)17(3)26-25(30)18-10-12-29(13-11-18)16-23-27-24(28-33-23)22-7-6-14-34-22/h6-9,14-15,17-18H,4-5,10-13,16H2,1-3H3,(H,26,30). The van der Waals surface area contributed by atoms with E-state index in [4.69, 9.17) is 14.0 Å². The molecule has 0 bridgehead atoms. The fourth-order valence-electron chi connectivity index (χ4n) is 4.12. The Bertz CT molecular complexity index is 1060. The predicted octanol–water partition coefficient (Wildman–Crippen LogP) is 4.68. The normalized spacial score (nSPS) is 15.7. The molecule has 4 rings (SSSR count). The lowest BCUT2D eigenvalue weighted by atomic mass is 9.95. The molecule has 1 aromatic carbocycles. The highest BCUT2D eigenvalue weighted by Gasteiger charge is 2.27. The summed E-state index contributed by atoms with van der Waals surface area (Å²) in [7, 11) is 0. The molecule has 0 aliphatic carbocycles. The lowest BCUT2D eigenvalue weighted by Gasteiger charge is -2.31. The van der Waals surface area contributed by atoms with E-state index in [1.807, 2.05) is 56.5 Å². The Morgan fingerprint density at radius 1 is 1.21 bits per heavy atom. The Kier molecular flexibility index (Phi) is 8.18. The van der Waals surface area contributed by atoms with Gasteiger partial charge in [-0.3, -0.25) is 9.69 Å². The minimum atomic E-state index is -0.116. The largest absolute Gasteiger partial charge is 0.490 e. The van der Waals surface area contributed by atoms with Crippen molar-refractivity contribution < 1.29 is 18.8 Å². The average molecular weight is 485 g/mol. The second kappa shape index (κ2) is 11.5. The maximum absolute atomic E-state index is 12.9. The minimum Gasteiger partial charge on any atom is -0.490 e. The van der Waals surface area contributed by atoms with Crippen LogP contribution in [0.4, 0.5) is 0 Å². The summed E-state index contributed by atoms with van der Waals surface area (Å²) in [5.41, 5.74) is 0.996. The number of thiophene rings is 1. The highest BCUT2D eigenvalue weighted by Crippen LogP contribution is 2.31. The number of amides is 1. The molecule has 1 saturated heterocycles. The van der Waals surface area contributed by atoms with Crippen molar-refractivity contribution in [3.8, 4) is 22.2 Å². The zero-order valence-electron chi connectivity index (χ0n) is 20.0. The van der Waals surface area contributed by atoms with E-state index in [0.29, 0.717) is 37.2 Å². The summed E-state index contributed by atoms with van der Waals surface area (Å²) in [6.45, 7) is 9.27. The fraction of sp³-hybridized carbons (Fsp3) is 0.480. The van der Waals surface area contributed by atoms with E-state index in [9.17, 15) is 4.79 Å². The van der Waals surface area contributed by atoms with E-state index in [2.05, 4.69) is 20.4 Å². The molecule has 0 radical (unpaired) electrons. The van der Waals surface area contributed by atoms with Gasteiger partial charge in [0.25, 0.3) is 0 Å². The van der Waals surface area contributed by atoms with Gasteiger partial charge in [-0.25, -0.2) is 0 Å². The molecule has 2 aromatic heterocycles. The van der Waals surface area contributed by atoms with Gasteiger partial charge in [0.05, 0.1) is 30.7 Å². The molecule has 1 amide bonds. The first kappa shape index (κ1) is 24.2. The van der Waals surface area contributed by atoms with Gasteiger partial charge in [-0.2, -0.15) is 4.98 Å². The summed E-state index contributed by atoms with van der Waals surface area (Å²) in [4.78, 5) is 20.7. The van der Waals surface area contributed by atoms with Gasteiger partial charge in [0.1, 0.15) is 0 Å². The van der Waals surface area contributed by atoms with Crippen LogP contribution in [0.1, 0.15) is 51.1 Å². The Hall–Kier alpha value is -2.91. The first-order valence-electron chi connectivity index (χ1n) is 11.9. The highest BCUT2D eigenvalue weighted by molar-refractivity contribution is 7.13. The zero-order chi connectivity index (χ0) is 23.9. The number of likely N-dealkylation sites (tertiary alicyclic amines) is 1. The topological polar surface area (TPSA) is 89.7 Å². The Labute approximate surface area is 204 Å². The van der Waals surface area contributed by atoms with Crippen LogP contribution < -0.4 is 14.8 Å². The minimum absolute atomic E-state index is 0.00266. The van der Waals surface area contributed by atoms with Crippen molar-refractivity contribution in [2.45, 2.75) is 46.2 Å². The summed E-state index contributed by atoms with van der Waals surface area (Å²) in [6, 6.07) is 9.68. The molecule has 1 aliphatic rings. The molecule has 1 atom stereocenters. The number of hydrogen-bond donors (Lipinski definition) is 1. The average Bonchev–Trinajstić information content (AvgIpc) is 3.53. The van der Waals surface area contributed by atoms with E-state index in [1.165, 1.54) is 0 Å². The number of carbonyl (C=O) groups excluding carboxylic acids is 1. The molecule has 1 fully saturated rings. The molecule has 182 valence electrons. The van der Waals surface area contributed by atoms with Gasteiger partial charge in [0.15, 0.2) is 11.5 Å². The Morgan fingerprint density at radius 2 is 1.97 bits per heavy atom. The van der Waals surface area contributed by atoms with Crippen LogP contribution in [0.5, 0.6) is 11.5 Å². The number of aromatic nitrogens is 2. The molecule has 9 heteroatoms. The van der Waals surface area contributed by atoms with Crippen LogP contribution in [0.15, 0.2) is 40.2 Å². The van der Waals surface area contributed by atoms with E-state index < -0.39 is 0 Å². The summed E-state index contributed by atoms with van der Waals surface area (Å²) in [5, 5.41) is 9.25. The van der Waals surface area contributed by atoms with Crippen molar-refractivity contribution in [1.29, 1.82) is 0 Å². The summed E-state index contributed by atoms with van der Waals surface area (Å²) < 4.78 is 16.8. The number of nitrogens with one attached hydrogen (secondary N) is 1. The van der Waals surface area contributed by atoms with Crippen LogP contribution in [-0.2, 0) is 11.3 Å². The molecule has 0 saturated carbocycles. The second-order valence-corrected chi connectivity index (χ2v) is 9.29. The molecule has 1 aliphatic heterocycles. The molecule has 1 N–H and O–H groups in total. The summed E-state index contributed by atoms with van der Waals surface area (Å²) in [6.07, 6.45) is 1.61. The van der Waals surface area contributed by atoms with Gasteiger partial charge < -0.3 is 19.3 Å². The lowest BCUT2D eigenvalue weighted by Crippen LogP contribution is -2.40. The van der Waals surface area contributed by atoms with Gasteiger partial charge in [-0.05, 0) is 75.8 Å². The van der Waals surface area contributed by atoms with Crippen LogP contribution >= 0.6 is 11.3 Å². The molecule has 3 aromatic rings. The van der Waals surface area contributed by atoms with Gasteiger partial charge in [-0.15, -0.1) is 11.3 Å². The van der Waals surface area contributed by atoms with Crippen molar-refractivity contribution >= 4 is 17.2 Å². The molecule has 8 nitrogen and oxygen atoms in total. The van der Waals surface area contributed by atoms with Gasteiger partial charge in [-0.1, -0.05) is 17.3 Å². The van der Waals surface area contributed by atoms with E-state index >= 15 is 0 Å². The van der Waals surface area contributed by atoms with Gasteiger partial charge >= 0.3 is 0 Å². The number of rotatable bonds is 10. The number of carbonyl (C=O) groups is 1. The van der Waals surface area contributed by atoms with Crippen LogP contribution in [-0.4, -0.2) is 47.3 Å². The molecule has 34 heavy (non-hydrogen) atoms. The van der Waals surface area contributed by atoms with Crippen molar-refractivity contribution in [2.75, 3.05) is 26.3 Å². The molecule has 3 heterocycles. The first-order chi connectivity index (χ1) is 16.6. The number of ether oxygens (including phenoxy) is 2. The third-order valence-electron chi connectivity index (χ3n) is 5.95. The zero-order valence-corrected chi connectivity index (χ0v) is 20.8. The van der Waals surface area contributed by atoms with E-state index in [1.54, 1.807) is 11.3 Å². The van der Waals surface area contributed by atoms with Crippen molar-refractivity contribution in [3.63, 3.8) is 0 Å². The Morgan fingerprint density at radius 3 is 2.68 bits per heavy atom. The highest BCUT2D eigenvalue weighted by atomic mass is 32.1. The molecule has 0 spiro atoms. The maximum atomic E-state index is 12.9. The Balaban J connectivity index is 1.27. The maximum Gasteiger partial charge on any atom is 0.241 e. The molecular weight excluding hydrogens is 452 g/mol. The van der Waals surface area contributed by atoms with Gasteiger partial charge in [0.2, 0.25) is 17.6 Å². The second-order valence-electron chi connectivity index (χ2n) is 8.34. The van der Waals surface area contributed by atoms with Crippen molar-refractivity contribution in [1.82, 2.24) is 20.4 Å². The van der Waals surface area contributed by atoms with Crippen LogP contribution in [0.25, 0.3) is 10.7 Å². The van der Waals surface area contributed by atoms with Crippen LogP contribution in [0.3, 0.4) is 0 Å². The summed E-state index contributed by atoms with van der Waals surface area (Å²) in [5.74, 6) is 2.77. The quantitative estimate of drug-likeness (QED) is 0.447. The molecule has 1 unspecified atom stereocenters. The number of benzene rings is 1. The first-order valence-corrected chi connectivity index (χ1v) is 12.7. The smallest absolute Gasteiger partial charge is 0.241 e. The third-order valence-corrected chi connectivity index (χ3v) is 6.82. The van der Waals surface area contributed by atoms with Crippen LogP contribution in [0.2, 0.25) is 0 Å². The summed E-state index contributed by atoms with van der Waals surface area (Å²) >= 11 is 1.59. The predicted molar refractivity (Wildman–Crippen MR) is 131 cm³/mol. The monoisotopic (exact) mass is 484 g/mol. The SMILES string of the molecule is CCOc1ccc(C(C)NC(=O)C2CCN(Cc3nc(-c4cccs4)no3)CC2)cc1OCC. The fourth-order valence-corrected chi connectivity index (χ4v) is 4.77.